The number of fused-ring (bicyclic) bond motifs is 2. The van der Waals surface area contributed by atoms with Gasteiger partial charge < -0.3 is 9.15 Å². The number of nitrogens with zero attached hydrogens (tertiary/aromatic N) is 2. The van der Waals surface area contributed by atoms with Crippen molar-refractivity contribution in [1.82, 2.24) is 14.6 Å². The topological polar surface area (TPSA) is 136 Å². The van der Waals surface area contributed by atoms with Crippen LogP contribution in [0.4, 0.5) is 0 Å². The van der Waals surface area contributed by atoms with E-state index >= 15 is 0 Å². The molecule has 1 aromatic heterocycles. The number of aromatic nitrogens is 1. The fourth-order valence-corrected chi connectivity index (χ4v) is 6.83. The summed E-state index contributed by atoms with van der Waals surface area (Å²) >= 11 is 0. The first kappa shape index (κ1) is 22.9. The number of hydrogen-bond acceptors (Lipinski definition) is 8. The second-order valence-electron chi connectivity index (χ2n) is 8.25. The van der Waals surface area contributed by atoms with Gasteiger partial charge in [-0.15, -0.1) is 0 Å². The van der Waals surface area contributed by atoms with E-state index in [0.717, 1.165) is 17.0 Å². The Kier molecular flexibility index (Phi) is 5.33. The van der Waals surface area contributed by atoms with Gasteiger partial charge in [0, 0.05) is 24.1 Å². The van der Waals surface area contributed by atoms with Crippen LogP contribution < -0.4 is 5.32 Å². The van der Waals surface area contributed by atoms with Crippen molar-refractivity contribution in [1.29, 1.82) is 0 Å². The number of hydrogen-bond donors (Lipinski definition) is 1. The van der Waals surface area contributed by atoms with E-state index in [0.29, 0.717) is 17.3 Å². The maximum Gasteiger partial charge on any atom is 0.321 e. The van der Waals surface area contributed by atoms with Gasteiger partial charge in [0.25, 0.3) is 5.91 Å². The van der Waals surface area contributed by atoms with Crippen LogP contribution in [0.25, 0.3) is 11.5 Å². The molecule has 1 spiro atoms. The van der Waals surface area contributed by atoms with Gasteiger partial charge in [0.05, 0.1) is 17.7 Å². The zero-order valence-electron chi connectivity index (χ0n) is 18.8. The molecule has 0 bridgehead atoms. The summed E-state index contributed by atoms with van der Waals surface area (Å²) in [4.78, 5) is 43.1. The normalized spacial score (nSPS) is 22.9. The number of methoxy groups -OCH3 is 1. The first-order valence-electron chi connectivity index (χ1n) is 10.8. The van der Waals surface area contributed by atoms with E-state index in [1.165, 1.54) is 18.2 Å². The standard InChI is InChI=1S/C24H21N3O7S/c1-14-17(25-21(34-14)15-8-4-3-5-9-15)12-13-27-24(16-10-6-7-11-18(16)35(27,31)32)19(22(29)33-2)20(28)26-23(24)30/h3-11,19H,12-13H2,1-2H3,(H,26,28,30). The fraction of sp³-hybridized carbons (Fsp3) is 0.250. The highest BCUT2D eigenvalue weighted by Crippen LogP contribution is 2.51. The third-order valence-corrected chi connectivity index (χ3v) is 8.39. The number of carbonyl (C=O) groups is 3. The Hall–Kier alpha value is -3.83. The molecule has 0 aliphatic carbocycles. The highest BCUT2D eigenvalue weighted by Gasteiger charge is 2.70. The molecule has 1 N–H and O–H groups in total. The van der Waals surface area contributed by atoms with Crippen molar-refractivity contribution in [2.75, 3.05) is 13.7 Å². The molecule has 0 radical (unpaired) electrons. The van der Waals surface area contributed by atoms with Gasteiger partial charge in [0.15, 0.2) is 11.5 Å². The number of carbonyl (C=O) groups excluding carboxylic acids is 3. The minimum Gasteiger partial charge on any atom is -0.468 e. The Labute approximate surface area is 201 Å². The average Bonchev–Trinajstić information content (AvgIpc) is 3.41. The number of sulfonamides is 1. The molecule has 0 saturated carbocycles. The fourth-order valence-electron chi connectivity index (χ4n) is 4.85. The van der Waals surface area contributed by atoms with Gasteiger partial charge in [-0.25, -0.2) is 13.4 Å². The summed E-state index contributed by atoms with van der Waals surface area (Å²) in [6.07, 6.45) is 0.0759. The summed E-state index contributed by atoms with van der Waals surface area (Å²) in [5.74, 6) is -3.65. The van der Waals surface area contributed by atoms with Crippen molar-refractivity contribution in [2.24, 2.45) is 5.92 Å². The summed E-state index contributed by atoms with van der Waals surface area (Å²) in [5.41, 5.74) is -0.796. The number of benzene rings is 2. The maximum absolute atomic E-state index is 13.6. The molecule has 2 amide bonds. The highest BCUT2D eigenvalue weighted by atomic mass is 32.2. The molecule has 1 saturated heterocycles. The SMILES string of the molecule is COC(=O)C1C(=O)NC(=O)C12c1ccccc1S(=O)(=O)N2CCc1nc(-c2ccccc2)oc1C. The molecule has 10 nitrogen and oxygen atoms in total. The van der Waals surface area contributed by atoms with Crippen molar-refractivity contribution < 1.29 is 32.0 Å². The molecule has 3 aromatic rings. The smallest absolute Gasteiger partial charge is 0.321 e. The molecule has 35 heavy (non-hydrogen) atoms. The van der Waals surface area contributed by atoms with Gasteiger partial charge >= 0.3 is 5.97 Å². The molecule has 1 fully saturated rings. The minimum atomic E-state index is -4.24. The van der Waals surface area contributed by atoms with Crippen molar-refractivity contribution in [3.05, 3.63) is 71.6 Å². The molecule has 180 valence electrons. The van der Waals surface area contributed by atoms with Crippen LogP contribution in [0.2, 0.25) is 0 Å². The molecule has 2 atom stereocenters. The van der Waals surface area contributed by atoms with Gasteiger partial charge in [-0.1, -0.05) is 36.4 Å². The highest BCUT2D eigenvalue weighted by molar-refractivity contribution is 7.89. The van der Waals surface area contributed by atoms with Gasteiger partial charge in [0.2, 0.25) is 21.8 Å². The van der Waals surface area contributed by atoms with Crippen LogP contribution in [0.1, 0.15) is 17.0 Å². The van der Waals surface area contributed by atoms with Crippen molar-refractivity contribution in [2.45, 2.75) is 23.8 Å². The van der Waals surface area contributed by atoms with Crippen LogP contribution in [0.3, 0.4) is 0 Å². The maximum atomic E-state index is 13.6. The van der Waals surface area contributed by atoms with Crippen molar-refractivity contribution >= 4 is 27.8 Å². The zero-order chi connectivity index (χ0) is 25.0. The van der Waals surface area contributed by atoms with E-state index in [1.54, 1.807) is 13.0 Å². The summed E-state index contributed by atoms with van der Waals surface area (Å²) in [6, 6.07) is 15.1. The van der Waals surface area contributed by atoms with E-state index in [4.69, 9.17) is 9.15 Å². The number of aryl methyl sites for hydroxylation is 1. The van der Waals surface area contributed by atoms with E-state index in [9.17, 15) is 22.8 Å². The Morgan fingerprint density at radius 3 is 2.54 bits per heavy atom. The minimum absolute atomic E-state index is 0.0561. The van der Waals surface area contributed by atoms with Crippen LogP contribution in [0.5, 0.6) is 0 Å². The summed E-state index contributed by atoms with van der Waals surface area (Å²) in [5, 5.41) is 2.14. The molecule has 2 aliphatic rings. The third-order valence-electron chi connectivity index (χ3n) is 6.42. The predicted octanol–water partition coefficient (Wildman–Crippen LogP) is 1.54. The molecule has 2 aliphatic heterocycles. The quantitative estimate of drug-likeness (QED) is 0.320. The summed E-state index contributed by atoms with van der Waals surface area (Å²) in [7, 11) is -3.16. The lowest BCUT2D eigenvalue weighted by atomic mass is 9.79. The molecular weight excluding hydrogens is 474 g/mol. The second kappa shape index (κ2) is 8.14. The number of oxazole rings is 1. The number of imide groups is 1. The average molecular weight is 496 g/mol. The van der Waals surface area contributed by atoms with E-state index in [-0.39, 0.29) is 23.4 Å². The monoisotopic (exact) mass is 495 g/mol. The molecule has 3 heterocycles. The van der Waals surface area contributed by atoms with Crippen LogP contribution >= 0.6 is 0 Å². The molecule has 2 aromatic carbocycles. The van der Waals surface area contributed by atoms with E-state index in [2.05, 4.69) is 10.3 Å². The molecule has 11 heteroatoms. The van der Waals surface area contributed by atoms with Gasteiger partial charge in [-0.2, -0.15) is 4.31 Å². The van der Waals surface area contributed by atoms with E-state index < -0.39 is 39.3 Å². The van der Waals surface area contributed by atoms with E-state index in [1.807, 2.05) is 30.3 Å². The number of esters is 1. The van der Waals surface area contributed by atoms with Gasteiger partial charge in [-0.3, -0.25) is 19.7 Å². The van der Waals surface area contributed by atoms with Crippen molar-refractivity contribution in [3.8, 4) is 11.5 Å². The summed E-state index contributed by atoms with van der Waals surface area (Å²) in [6.45, 7) is 1.48. The summed E-state index contributed by atoms with van der Waals surface area (Å²) < 4.78 is 38.8. The van der Waals surface area contributed by atoms with Crippen molar-refractivity contribution in [3.63, 3.8) is 0 Å². The Bertz CT molecular complexity index is 1470. The lowest BCUT2D eigenvalue weighted by Gasteiger charge is -2.33. The molecule has 2 unspecified atom stereocenters. The number of nitrogens with one attached hydrogen (secondary N) is 1. The van der Waals surface area contributed by atoms with Gasteiger partial charge in [0.1, 0.15) is 5.76 Å². The Morgan fingerprint density at radius 2 is 1.83 bits per heavy atom. The first-order valence-corrected chi connectivity index (χ1v) is 12.2. The second-order valence-corrected chi connectivity index (χ2v) is 10.1. The van der Waals surface area contributed by atoms with Crippen LogP contribution in [-0.2, 0) is 41.1 Å². The lowest BCUT2D eigenvalue weighted by molar-refractivity contribution is -0.154. The lowest BCUT2D eigenvalue weighted by Crippen LogP contribution is -2.55. The molecule has 5 rings (SSSR count). The van der Waals surface area contributed by atoms with Crippen LogP contribution in [0, 0.1) is 12.8 Å². The number of amides is 2. The van der Waals surface area contributed by atoms with Crippen LogP contribution in [0.15, 0.2) is 63.9 Å². The molecular formula is C24H21N3O7S. The zero-order valence-corrected chi connectivity index (χ0v) is 19.7. The van der Waals surface area contributed by atoms with Gasteiger partial charge in [-0.05, 0) is 25.1 Å². The first-order chi connectivity index (χ1) is 16.7. The Balaban J connectivity index is 1.59. The largest absolute Gasteiger partial charge is 0.468 e. The van der Waals surface area contributed by atoms with Crippen LogP contribution in [-0.4, -0.2) is 49.1 Å². The number of rotatable bonds is 5. The number of ether oxygens (including phenoxy) is 1. The predicted molar refractivity (Wildman–Crippen MR) is 121 cm³/mol. The Morgan fingerprint density at radius 1 is 1.14 bits per heavy atom. The third kappa shape index (κ3) is 3.22.